The molecule has 0 aliphatic rings. The van der Waals surface area contributed by atoms with Crippen molar-refractivity contribution in [2.24, 2.45) is 0 Å². The van der Waals surface area contributed by atoms with Crippen LogP contribution in [0.1, 0.15) is 10.4 Å². The molecule has 2 aromatic rings. The minimum absolute atomic E-state index is 0.692. The molecule has 2 heteroatoms. The van der Waals surface area contributed by atoms with Crippen LogP contribution in [0.15, 0.2) is 24.4 Å². The zero-order valence-corrected chi connectivity index (χ0v) is 5.79. The van der Waals surface area contributed by atoms with Crippen LogP contribution in [0.25, 0.3) is 10.9 Å². The van der Waals surface area contributed by atoms with Crippen molar-refractivity contribution in [2.45, 2.75) is 0 Å². The summed E-state index contributed by atoms with van der Waals surface area (Å²) < 4.78 is 0. The second kappa shape index (κ2) is 2.23. The van der Waals surface area contributed by atoms with E-state index < -0.39 is 0 Å². The fourth-order valence-corrected chi connectivity index (χ4v) is 1.13. The Bertz CT molecular complexity index is 389. The fraction of sp³-hybridized carbons (Fsp3) is 0. The molecule has 0 unspecified atom stereocenters. The molecular formula is C9H6NO. The topological polar surface area (TPSA) is 32.9 Å². The molecule has 53 valence electrons. The van der Waals surface area contributed by atoms with E-state index in [4.69, 9.17) is 0 Å². The normalized spacial score (nSPS) is 10.2. The van der Waals surface area contributed by atoms with E-state index in [1.165, 1.54) is 0 Å². The summed E-state index contributed by atoms with van der Waals surface area (Å²) in [5.41, 5.74) is 1.67. The molecule has 1 radical (unpaired) electrons. The van der Waals surface area contributed by atoms with Crippen LogP contribution >= 0.6 is 0 Å². The number of fused-ring (bicyclic) bond motifs is 1. The zero-order valence-electron chi connectivity index (χ0n) is 5.79. The molecule has 1 aromatic carbocycles. The lowest BCUT2D eigenvalue weighted by Gasteiger charge is -1.85. The van der Waals surface area contributed by atoms with Crippen LogP contribution in [0, 0.1) is 6.07 Å². The smallest absolute Gasteiger partial charge is 0.152 e. The number of hydrogen-bond donors (Lipinski definition) is 1. The minimum atomic E-state index is 0.692. The molecule has 11 heavy (non-hydrogen) atoms. The van der Waals surface area contributed by atoms with E-state index in [9.17, 15) is 4.79 Å². The van der Waals surface area contributed by atoms with Crippen molar-refractivity contribution in [3.05, 3.63) is 36.0 Å². The SMILES string of the molecule is O=Cc1c[nH]c2cc[c]cc12. The third-order valence-electron chi connectivity index (χ3n) is 1.69. The summed E-state index contributed by atoms with van der Waals surface area (Å²) >= 11 is 0. The van der Waals surface area contributed by atoms with Gasteiger partial charge in [0.05, 0.1) is 0 Å². The van der Waals surface area contributed by atoms with E-state index in [0.29, 0.717) is 5.56 Å². The second-order valence-corrected chi connectivity index (χ2v) is 2.33. The summed E-state index contributed by atoms with van der Waals surface area (Å²) in [6, 6.07) is 8.42. The van der Waals surface area contributed by atoms with Crippen LogP contribution in [0.5, 0.6) is 0 Å². The molecule has 0 aliphatic carbocycles. The molecule has 0 spiro atoms. The number of carbonyl (C=O) groups excluding carboxylic acids is 1. The van der Waals surface area contributed by atoms with Crippen molar-refractivity contribution in [3.8, 4) is 0 Å². The summed E-state index contributed by atoms with van der Waals surface area (Å²) in [6.07, 6.45) is 2.54. The lowest BCUT2D eigenvalue weighted by atomic mass is 10.2. The van der Waals surface area contributed by atoms with Gasteiger partial charge in [-0.3, -0.25) is 4.79 Å². The van der Waals surface area contributed by atoms with Gasteiger partial charge in [0, 0.05) is 22.7 Å². The molecule has 2 rings (SSSR count). The van der Waals surface area contributed by atoms with Crippen LogP contribution < -0.4 is 0 Å². The highest BCUT2D eigenvalue weighted by Gasteiger charge is 1.98. The highest BCUT2D eigenvalue weighted by atomic mass is 16.1. The van der Waals surface area contributed by atoms with E-state index in [-0.39, 0.29) is 0 Å². The van der Waals surface area contributed by atoms with Crippen molar-refractivity contribution in [2.75, 3.05) is 0 Å². The fourth-order valence-electron chi connectivity index (χ4n) is 1.13. The quantitative estimate of drug-likeness (QED) is 0.608. The van der Waals surface area contributed by atoms with Crippen LogP contribution in [-0.2, 0) is 0 Å². The average molecular weight is 144 g/mol. The van der Waals surface area contributed by atoms with Gasteiger partial charge in [0.1, 0.15) is 0 Å². The van der Waals surface area contributed by atoms with Gasteiger partial charge in [0.2, 0.25) is 0 Å². The average Bonchev–Trinajstić information content (AvgIpc) is 2.47. The molecule has 1 aromatic heterocycles. The molecular weight excluding hydrogens is 138 g/mol. The highest BCUT2D eigenvalue weighted by molar-refractivity contribution is 5.96. The third kappa shape index (κ3) is 0.835. The van der Waals surface area contributed by atoms with Gasteiger partial charge in [-0.2, -0.15) is 0 Å². The summed E-state index contributed by atoms with van der Waals surface area (Å²) in [6.45, 7) is 0. The minimum Gasteiger partial charge on any atom is -0.360 e. The number of aldehydes is 1. The van der Waals surface area contributed by atoms with Gasteiger partial charge in [-0.05, 0) is 18.2 Å². The molecule has 1 heterocycles. The van der Waals surface area contributed by atoms with E-state index in [1.54, 1.807) is 12.3 Å². The van der Waals surface area contributed by atoms with Gasteiger partial charge in [-0.15, -0.1) is 0 Å². The maximum absolute atomic E-state index is 10.4. The van der Waals surface area contributed by atoms with Gasteiger partial charge >= 0.3 is 0 Å². The summed E-state index contributed by atoms with van der Waals surface area (Å²) in [5.74, 6) is 0. The lowest BCUT2D eigenvalue weighted by molar-refractivity contribution is 0.112. The Balaban J connectivity index is 2.86. The zero-order chi connectivity index (χ0) is 7.68. The predicted octanol–water partition coefficient (Wildman–Crippen LogP) is 1.78. The number of nitrogens with one attached hydrogen (secondary N) is 1. The number of aromatic amines is 1. The van der Waals surface area contributed by atoms with Gasteiger partial charge in [0.25, 0.3) is 0 Å². The van der Waals surface area contributed by atoms with Crippen molar-refractivity contribution < 1.29 is 4.79 Å². The number of rotatable bonds is 1. The molecule has 2 nitrogen and oxygen atoms in total. The Labute approximate surface area is 63.8 Å². The Kier molecular flexibility index (Phi) is 1.25. The maximum Gasteiger partial charge on any atom is 0.152 e. The van der Waals surface area contributed by atoms with E-state index in [0.717, 1.165) is 17.2 Å². The molecule has 1 N–H and O–H groups in total. The Morgan fingerprint density at radius 3 is 3.27 bits per heavy atom. The Morgan fingerprint density at radius 2 is 2.45 bits per heavy atom. The monoisotopic (exact) mass is 144 g/mol. The largest absolute Gasteiger partial charge is 0.360 e. The van der Waals surface area contributed by atoms with Gasteiger partial charge in [0.15, 0.2) is 6.29 Å². The van der Waals surface area contributed by atoms with Crippen LogP contribution in [-0.4, -0.2) is 11.3 Å². The van der Waals surface area contributed by atoms with E-state index in [1.807, 2.05) is 12.1 Å². The van der Waals surface area contributed by atoms with Gasteiger partial charge in [-0.25, -0.2) is 0 Å². The van der Waals surface area contributed by atoms with Crippen molar-refractivity contribution in [1.82, 2.24) is 4.98 Å². The van der Waals surface area contributed by atoms with E-state index in [2.05, 4.69) is 11.1 Å². The van der Waals surface area contributed by atoms with Crippen LogP contribution in [0.4, 0.5) is 0 Å². The standard InChI is InChI=1S/C9H6NO/c11-6-7-5-10-9-4-2-1-3-8(7)9/h2-6,10H. The number of hydrogen-bond acceptors (Lipinski definition) is 1. The summed E-state index contributed by atoms with van der Waals surface area (Å²) in [4.78, 5) is 13.4. The first kappa shape index (κ1) is 6.16. The van der Waals surface area contributed by atoms with Crippen molar-refractivity contribution in [1.29, 1.82) is 0 Å². The van der Waals surface area contributed by atoms with Crippen LogP contribution in [0.2, 0.25) is 0 Å². The number of H-pyrrole nitrogens is 1. The first-order valence-electron chi connectivity index (χ1n) is 3.34. The van der Waals surface area contributed by atoms with Crippen molar-refractivity contribution in [3.63, 3.8) is 0 Å². The summed E-state index contributed by atoms with van der Waals surface area (Å²) in [5, 5.41) is 0.933. The molecule has 0 aliphatic heterocycles. The summed E-state index contributed by atoms with van der Waals surface area (Å²) in [7, 11) is 0. The molecule has 0 atom stereocenters. The first-order valence-corrected chi connectivity index (χ1v) is 3.34. The second-order valence-electron chi connectivity index (χ2n) is 2.33. The predicted molar refractivity (Wildman–Crippen MR) is 42.5 cm³/mol. The highest BCUT2D eigenvalue weighted by Crippen LogP contribution is 2.14. The number of carbonyl (C=O) groups is 1. The lowest BCUT2D eigenvalue weighted by Crippen LogP contribution is -1.72. The Hall–Kier alpha value is -1.57. The molecule has 0 fully saturated rings. The molecule has 0 amide bonds. The molecule has 0 saturated carbocycles. The van der Waals surface area contributed by atoms with Crippen molar-refractivity contribution >= 4 is 17.2 Å². The first-order chi connectivity index (χ1) is 5.42. The number of aromatic nitrogens is 1. The van der Waals surface area contributed by atoms with E-state index >= 15 is 0 Å². The molecule has 0 bridgehead atoms. The Morgan fingerprint density at radius 1 is 1.55 bits per heavy atom. The van der Waals surface area contributed by atoms with Crippen LogP contribution in [0.3, 0.4) is 0 Å². The third-order valence-corrected chi connectivity index (χ3v) is 1.69. The van der Waals surface area contributed by atoms with Gasteiger partial charge < -0.3 is 4.98 Å². The van der Waals surface area contributed by atoms with Gasteiger partial charge in [-0.1, -0.05) is 6.07 Å². The molecule has 0 saturated heterocycles. The maximum atomic E-state index is 10.4. The number of benzene rings is 1.